The molecule has 0 bridgehead atoms. The fourth-order valence-electron chi connectivity index (χ4n) is 2.75. The Morgan fingerprint density at radius 3 is 2.39 bits per heavy atom. The van der Waals surface area contributed by atoms with Crippen molar-refractivity contribution < 1.29 is 17.9 Å². The summed E-state index contributed by atoms with van der Waals surface area (Å²) >= 11 is 1.65. The average Bonchev–Trinajstić information content (AvgIpc) is 2.78. The molecule has 3 aromatic rings. The molecule has 0 radical (unpaired) electrons. The summed E-state index contributed by atoms with van der Waals surface area (Å²) in [5, 5.41) is 2.83. The molecule has 0 aliphatic carbocycles. The van der Waals surface area contributed by atoms with Crippen LogP contribution in [0.2, 0.25) is 0 Å². The van der Waals surface area contributed by atoms with E-state index in [9.17, 15) is 13.2 Å². The number of hydrogen-bond donors (Lipinski definition) is 2. The minimum Gasteiger partial charge on any atom is -0.497 e. The highest BCUT2D eigenvalue weighted by Gasteiger charge is 2.16. The molecule has 162 valence electrons. The zero-order valence-corrected chi connectivity index (χ0v) is 18.9. The number of nitrogens with one attached hydrogen (secondary N) is 2. The van der Waals surface area contributed by atoms with Crippen molar-refractivity contribution in [3.8, 4) is 5.75 Å². The minimum atomic E-state index is -3.83. The normalized spacial score (nSPS) is 11.0. The Morgan fingerprint density at radius 2 is 1.71 bits per heavy atom. The third-order valence-corrected chi connectivity index (χ3v) is 6.82. The highest BCUT2D eigenvalue weighted by molar-refractivity contribution is 7.99. The maximum Gasteiger partial charge on any atom is 0.261 e. The van der Waals surface area contributed by atoms with Crippen molar-refractivity contribution in [2.75, 3.05) is 24.1 Å². The molecule has 3 rings (SSSR count). The fraction of sp³-hybridized carbons (Fsp3) is 0.174. The van der Waals surface area contributed by atoms with Gasteiger partial charge >= 0.3 is 0 Å². The van der Waals surface area contributed by atoms with Crippen molar-refractivity contribution in [2.45, 2.75) is 16.7 Å². The third kappa shape index (κ3) is 6.50. The second kappa shape index (κ2) is 10.4. The molecule has 3 aromatic carbocycles. The first-order chi connectivity index (χ1) is 14.9. The number of benzene rings is 3. The van der Waals surface area contributed by atoms with Gasteiger partial charge in [0.2, 0.25) is 0 Å². The van der Waals surface area contributed by atoms with Crippen LogP contribution >= 0.6 is 11.8 Å². The predicted octanol–water partition coefficient (Wildman–Crippen LogP) is 4.33. The molecular weight excluding hydrogens is 432 g/mol. The maximum absolute atomic E-state index is 12.7. The molecule has 0 aromatic heterocycles. The summed E-state index contributed by atoms with van der Waals surface area (Å²) in [6.07, 6.45) is 0. The molecule has 6 nitrogen and oxygen atoms in total. The SMILES string of the molecule is COc1ccc(NS(=O)(=O)c2cccc(C(=O)NCCSc3ccc(C)cc3)c2)cc1. The van der Waals surface area contributed by atoms with E-state index in [4.69, 9.17) is 4.74 Å². The van der Waals surface area contributed by atoms with E-state index in [-0.39, 0.29) is 16.4 Å². The Labute approximate surface area is 187 Å². The molecule has 0 unspecified atom stereocenters. The summed E-state index contributed by atoms with van der Waals surface area (Å²) in [6, 6.07) is 20.7. The summed E-state index contributed by atoms with van der Waals surface area (Å²) in [5.41, 5.74) is 1.90. The van der Waals surface area contributed by atoms with Gasteiger partial charge in [0.15, 0.2) is 0 Å². The maximum atomic E-state index is 12.7. The number of hydrogen-bond acceptors (Lipinski definition) is 5. The van der Waals surface area contributed by atoms with E-state index in [1.807, 2.05) is 31.2 Å². The van der Waals surface area contributed by atoms with E-state index < -0.39 is 10.0 Å². The van der Waals surface area contributed by atoms with E-state index in [1.165, 1.54) is 24.8 Å². The first kappa shape index (κ1) is 22.7. The van der Waals surface area contributed by atoms with Gasteiger partial charge in [0, 0.05) is 28.4 Å². The molecule has 0 spiro atoms. The highest BCUT2D eigenvalue weighted by Crippen LogP contribution is 2.20. The number of anilines is 1. The standard InChI is InChI=1S/C23H24N2O4S2/c1-17-6-12-21(13-7-17)30-15-14-24-23(26)18-4-3-5-22(16-18)31(27,28)25-19-8-10-20(29-2)11-9-19/h3-13,16,25H,14-15H2,1-2H3,(H,24,26). The number of ether oxygens (including phenoxy) is 1. The topological polar surface area (TPSA) is 84.5 Å². The summed E-state index contributed by atoms with van der Waals surface area (Å²) in [5.74, 6) is 1.03. The minimum absolute atomic E-state index is 0.0185. The van der Waals surface area contributed by atoms with Crippen LogP contribution in [-0.4, -0.2) is 33.7 Å². The Balaban J connectivity index is 1.58. The predicted molar refractivity (Wildman–Crippen MR) is 124 cm³/mol. The second-order valence-electron chi connectivity index (χ2n) is 6.78. The summed E-state index contributed by atoms with van der Waals surface area (Å²) in [4.78, 5) is 13.6. The van der Waals surface area contributed by atoms with E-state index in [0.717, 1.165) is 4.90 Å². The van der Waals surface area contributed by atoms with Gasteiger partial charge in [-0.25, -0.2) is 8.42 Å². The van der Waals surface area contributed by atoms with Gasteiger partial charge in [-0.2, -0.15) is 0 Å². The first-order valence-electron chi connectivity index (χ1n) is 9.62. The number of rotatable bonds is 9. The molecular formula is C23H24N2O4S2. The lowest BCUT2D eigenvalue weighted by atomic mass is 10.2. The van der Waals surface area contributed by atoms with Gasteiger partial charge in [-0.1, -0.05) is 23.8 Å². The van der Waals surface area contributed by atoms with Gasteiger partial charge in [0.1, 0.15) is 5.75 Å². The van der Waals surface area contributed by atoms with Crippen LogP contribution in [0.4, 0.5) is 5.69 Å². The molecule has 0 fully saturated rings. The van der Waals surface area contributed by atoms with E-state index in [1.54, 1.807) is 48.2 Å². The van der Waals surface area contributed by atoms with Crippen LogP contribution in [0, 0.1) is 6.92 Å². The molecule has 0 saturated carbocycles. The quantitative estimate of drug-likeness (QED) is 0.370. The largest absolute Gasteiger partial charge is 0.497 e. The van der Waals surface area contributed by atoms with Crippen LogP contribution in [0.5, 0.6) is 5.75 Å². The summed E-state index contributed by atoms with van der Waals surface area (Å²) in [6.45, 7) is 2.51. The van der Waals surface area contributed by atoms with Crippen LogP contribution in [0.1, 0.15) is 15.9 Å². The molecule has 31 heavy (non-hydrogen) atoms. The van der Waals surface area contributed by atoms with Gasteiger partial charge in [-0.05, 0) is 61.5 Å². The van der Waals surface area contributed by atoms with Crippen molar-refractivity contribution in [3.05, 3.63) is 83.9 Å². The van der Waals surface area contributed by atoms with Gasteiger partial charge in [0.25, 0.3) is 15.9 Å². The number of carbonyl (C=O) groups is 1. The lowest BCUT2D eigenvalue weighted by Crippen LogP contribution is -2.26. The molecule has 1 amide bonds. The van der Waals surface area contributed by atoms with E-state index in [0.29, 0.717) is 23.7 Å². The second-order valence-corrected chi connectivity index (χ2v) is 9.63. The number of amides is 1. The van der Waals surface area contributed by atoms with Gasteiger partial charge in [-0.15, -0.1) is 11.8 Å². The van der Waals surface area contributed by atoms with Crippen molar-refractivity contribution in [1.82, 2.24) is 5.32 Å². The van der Waals surface area contributed by atoms with Crippen LogP contribution in [0.3, 0.4) is 0 Å². The Bertz CT molecular complexity index is 1130. The monoisotopic (exact) mass is 456 g/mol. The van der Waals surface area contributed by atoms with Crippen molar-refractivity contribution in [1.29, 1.82) is 0 Å². The van der Waals surface area contributed by atoms with E-state index >= 15 is 0 Å². The number of aryl methyl sites for hydroxylation is 1. The molecule has 8 heteroatoms. The number of carbonyl (C=O) groups excluding carboxylic acids is 1. The van der Waals surface area contributed by atoms with Gasteiger partial charge in [-0.3, -0.25) is 9.52 Å². The number of thioether (sulfide) groups is 1. The van der Waals surface area contributed by atoms with Crippen LogP contribution in [0.25, 0.3) is 0 Å². The van der Waals surface area contributed by atoms with Crippen LogP contribution in [0.15, 0.2) is 82.6 Å². The summed E-state index contributed by atoms with van der Waals surface area (Å²) < 4.78 is 33.0. The summed E-state index contributed by atoms with van der Waals surface area (Å²) in [7, 11) is -2.29. The van der Waals surface area contributed by atoms with Gasteiger partial charge < -0.3 is 10.1 Å². The molecule has 0 heterocycles. The third-order valence-electron chi connectivity index (χ3n) is 4.43. The first-order valence-corrected chi connectivity index (χ1v) is 12.1. The molecule has 0 aliphatic rings. The lowest BCUT2D eigenvalue weighted by Gasteiger charge is -2.10. The number of sulfonamides is 1. The van der Waals surface area contributed by atoms with Crippen molar-refractivity contribution in [2.24, 2.45) is 0 Å². The molecule has 0 saturated heterocycles. The van der Waals surface area contributed by atoms with Gasteiger partial charge in [0.05, 0.1) is 12.0 Å². The highest BCUT2D eigenvalue weighted by atomic mass is 32.2. The van der Waals surface area contributed by atoms with Crippen molar-refractivity contribution >= 4 is 33.4 Å². The van der Waals surface area contributed by atoms with Crippen LogP contribution in [-0.2, 0) is 10.0 Å². The molecule has 0 atom stereocenters. The van der Waals surface area contributed by atoms with E-state index in [2.05, 4.69) is 10.0 Å². The Kier molecular flexibility index (Phi) is 7.59. The Morgan fingerprint density at radius 1 is 1.00 bits per heavy atom. The molecule has 2 N–H and O–H groups in total. The average molecular weight is 457 g/mol. The lowest BCUT2D eigenvalue weighted by molar-refractivity contribution is 0.0956. The molecule has 0 aliphatic heterocycles. The van der Waals surface area contributed by atoms with Crippen molar-refractivity contribution in [3.63, 3.8) is 0 Å². The smallest absolute Gasteiger partial charge is 0.261 e. The Hall–Kier alpha value is -2.97. The number of methoxy groups -OCH3 is 1. The zero-order valence-electron chi connectivity index (χ0n) is 17.3. The van der Waals surface area contributed by atoms with Crippen LogP contribution < -0.4 is 14.8 Å². The zero-order chi connectivity index (χ0) is 22.3. The fourth-order valence-corrected chi connectivity index (χ4v) is 4.62.